The molecular weight excluding hydrogens is 1030 g/mol. The van der Waals surface area contributed by atoms with Gasteiger partial charge in [-0.3, -0.25) is 0 Å². The molecule has 0 spiro atoms. The third-order valence-electron chi connectivity index (χ3n) is 23.1. The van der Waals surface area contributed by atoms with Crippen LogP contribution in [0.15, 0.2) is 133 Å². The van der Waals surface area contributed by atoms with Crippen molar-refractivity contribution in [3.05, 3.63) is 234 Å². The summed E-state index contributed by atoms with van der Waals surface area (Å²) in [5, 5.41) is 0. The van der Waals surface area contributed by atoms with Crippen molar-refractivity contribution in [2.24, 2.45) is 0 Å². The van der Waals surface area contributed by atoms with Gasteiger partial charge in [-0.05, 0) is 212 Å². The number of hydrogen-bond acceptors (Lipinski definition) is 1. The van der Waals surface area contributed by atoms with E-state index in [-0.39, 0.29) is 67.3 Å². The molecule has 8 aromatic carbocycles. The van der Waals surface area contributed by atoms with E-state index in [1.165, 1.54) is 119 Å². The molecule has 0 amide bonds. The van der Waals surface area contributed by atoms with E-state index in [4.69, 9.17) is 0 Å². The fourth-order valence-electron chi connectivity index (χ4n) is 18.7. The Labute approximate surface area is 519 Å². The third-order valence-corrected chi connectivity index (χ3v) is 23.1. The summed E-state index contributed by atoms with van der Waals surface area (Å²) in [4.78, 5) is 2.56. The minimum Gasteiger partial charge on any atom is -0.310 e. The van der Waals surface area contributed by atoms with E-state index in [1.807, 2.05) is 0 Å². The van der Waals surface area contributed by atoms with E-state index in [1.54, 1.807) is 38.8 Å². The van der Waals surface area contributed by atoms with Crippen molar-refractivity contribution >= 4 is 40.2 Å². The molecule has 4 aliphatic carbocycles. The van der Waals surface area contributed by atoms with Gasteiger partial charge in [0.2, 0.25) is 6.71 Å². The average Bonchev–Trinajstić information content (AvgIpc) is 1.64. The number of anilines is 3. The van der Waals surface area contributed by atoms with E-state index in [0.717, 1.165) is 6.42 Å². The second kappa shape index (κ2) is 17.9. The predicted molar refractivity (Wildman–Crippen MR) is 370 cm³/mol. The molecule has 440 valence electrons. The van der Waals surface area contributed by atoms with Gasteiger partial charge < -0.3 is 4.90 Å². The molecule has 8 aromatic rings. The Bertz CT molecular complexity index is 4140. The molecule has 0 saturated carbocycles. The third kappa shape index (κ3) is 8.07. The Kier molecular flexibility index (Phi) is 12.0. The highest BCUT2D eigenvalue weighted by Crippen LogP contribution is 2.62. The van der Waals surface area contributed by atoms with Gasteiger partial charge in [0, 0.05) is 39.7 Å². The van der Waals surface area contributed by atoms with Gasteiger partial charge in [-0.15, -0.1) is 0 Å². The summed E-state index contributed by atoms with van der Waals surface area (Å²) >= 11 is 0. The molecule has 0 radical (unpaired) electrons. The van der Waals surface area contributed by atoms with Crippen LogP contribution < -0.4 is 21.3 Å². The van der Waals surface area contributed by atoms with Crippen LogP contribution in [0.3, 0.4) is 0 Å². The second-order valence-corrected chi connectivity index (χ2v) is 34.7. The molecule has 0 saturated heterocycles. The van der Waals surface area contributed by atoms with Crippen LogP contribution in [-0.2, 0) is 48.7 Å². The Balaban J connectivity index is 1.13. The highest BCUT2D eigenvalue weighted by Gasteiger charge is 2.55. The fraction of sp³-hybridized carbons (Fsp3) is 0.429. The van der Waals surface area contributed by atoms with E-state index in [9.17, 15) is 0 Å². The van der Waals surface area contributed by atoms with Crippen LogP contribution in [0.4, 0.5) is 17.1 Å². The first-order valence-electron chi connectivity index (χ1n) is 32.9. The summed E-state index contributed by atoms with van der Waals surface area (Å²) in [6.45, 7) is 54.5. The first kappa shape index (κ1) is 57.4. The number of benzene rings is 8. The molecule has 2 atom stereocenters. The van der Waals surface area contributed by atoms with Gasteiger partial charge in [0.15, 0.2) is 0 Å². The van der Waals surface area contributed by atoms with Crippen LogP contribution in [0.5, 0.6) is 0 Å². The van der Waals surface area contributed by atoms with Gasteiger partial charge >= 0.3 is 0 Å². The number of rotatable bonds is 4. The van der Waals surface area contributed by atoms with Crippen LogP contribution in [0.2, 0.25) is 0 Å². The highest BCUT2D eigenvalue weighted by molar-refractivity contribution is 6.97. The molecular formula is C84H96BN. The lowest BCUT2D eigenvalue weighted by Crippen LogP contribution is -2.64. The summed E-state index contributed by atoms with van der Waals surface area (Å²) in [5.74, 6) is 0.0468. The van der Waals surface area contributed by atoms with Crippen molar-refractivity contribution in [3.63, 3.8) is 0 Å². The Morgan fingerprint density at radius 3 is 1.50 bits per heavy atom. The molecule has 1 nitrogen and oxygen atoms in total. The topological polar surface area (TPSA) is 3.24 Å². The number of fused-ring (bicyclic) bond motifs is 13. The van der Waals surface area contributed by atoms with Crippen molar-refractivity contribution in [1.82, 2.24) is 0 Å². The van der Waals surface area contributed by atoms with Crippen LogP contribution in [0.25, 0.3) is 11.1 Å². The largest absolute Gasteiger partial charge is 0.310 e. The molecule has 2 aliphatic heterocycles. The second-order valence-electron chi connectivity index (χ2n) is 34.7. The van der Waals surface area contributed by atoms with Gasteiger partial charge in [-0.2, -0.15) is 0 Å². The fourth-order valence-corrected chi connectivity index (χ4v) is 18.7. The monoisotopic (exact) mass is 1130 g/mol. The summed E-state index contributed by atoms with van der Waals surface area (Å²) in [5.41, 5.74) is 37.4. The average molecular weight is 1130 g/mol. The summed E-state index contributed by atoms with van der Waals surface area (Å²) in [7, 11) is 0. The lowest BCUT2D eigenvalue weighted by atomic mass is 9.27. The van der Waals surface area contributed by atoms with Crippen molar-refractivity contribution in [2.45, 2.75) is 232 Å². The number of hydrogen-bond donors (Lipinski definition) is 0. The minimum absolute atomic E-state index is 0.00941. The predicted octanol–water partition coefficient (Wildman–Crippen LogP) is 20.1. The lowest BCUT2D eigenvalue weighted by Gasteiger charge is -2.51. The maximum Gasteiger partial charge on any atom is 0.242 e. The molecule has 2 heteroatoms. The van der Waals surface area contributed by atoms with E-state index >= 15 is 0 Å². The molecule has 0 bridgehead atoms. The summed E-state index contributed by atoms with van der Waals surface area (Å²) in [6.07, 6.45) is 3.53. The van der Waals surface area contributed by atoms with Crippen LogP contribution in [0.1, 0.15) is 277 Å². The van der Waals surface area contributed by atoms with Gasteiger partial charge in [0.05, 0.1) is 0 Å². The zero-order chi connectivity index (χ0) is 61.5. The smallest absolute Gasteiger partial charge is 0.242 e. The zero-order valence-corrected chi connectivity index (χ0v) is 56.5. The first-order valence-corrected chi connectivity index (χ1v) is 32.9. The molecule has 2 heterocycles. The molecule has 14 rings (SSSR count). The quantitative estimate of drug-likeness (QED) is 0.159. The van der Waals surface area contributed by atoms with Crippen molar-refractivity contribution in [1.29, 1.82) is 0 Å². The Morgan fingerprint density at radius 2 is 0.919 bits per heavy atom. The van der Waals surface area contributed by atoms with Crippen LogP contribution >= 0.6 is 0 Å². The summed E-state index contributed by atoms with van der Waals surface area (Å²) < 4.78 is 0. The van der Waals surface area contributed by atoms with Crippen molar-refractivity contribution < 1.29 is 0 Å². The van der Waals surface area contributed by atoms with Crippen molar-refractivity contribution in [3.8, 4) is 11.1 Å². The zero-order valence-electron chi connectivity index (χ0n) is 56.5. The van der Waals surface area contributed by atoms with Gasteiger partial charge in [0.25, 0.3) is 0 Å². The standard InChI is InChI=1S/C84H96BN/c1-48-41-62-63(80(13,14)40-39-79(62,11)12)43-57(48)69-59-44-64-65(82(17,18)47-81(64,15)16)46-68(59)85-67-38-35-53(86(51-31-27-49(28-32-51)76(2,3)4)52-33-29-50(30-34-52)77(5,6)7)42-58(67)70-56-37-36-55-54-25-23-24-26-61(54)83(19,20)72(55)73(56)84(21,22)74-66(78(8,9)10)45-60(69)75(85)71(70)74/h23-38,41-46,69-70H,39-40,47H2,1-22H3. The molecule has 6 aliphatic rings. The van der Waals surface area contributed by atoms with Gasteiger partial charge in [-0.25, -0.2) is 0 Å². The molecule has 0 fully saturated rings. The normalized spacial score (nSPS) is 20.6. The maximum atomic E-state index is 2.82. The SMILES string of the molecule is Cc1cc2c(cc1C1c3cc4c(cc3B3c5ccc(N(c6ccc(C(C)(C)C)cc6)c6ccc(C(C)(C)C)cc6)cc5C5c6ccc7c(c6C(C)(C)c6c(C(C)(C)C)cc1c3c65)C(C)(C)c1ccccc1-7)C(C)(C)CC4(C)C)C(C)(C)CCC2(C)C. The van der Waals surface area contributed by atoms with Crippen molar-refractivity contribution in [2.75, 3.05) is 4.90 Å². The minimum atomic E-state index is -0.337. The van der Waals surface area contributed by atoms with E-state index in [2.05, 4.69) is 291 Å². The highest BCUT2D eigenvalue weighted by atomic mass is 15.1. The lowest BCUT2D eigenvalue weighted by molar-refractivity contribution is 0.331. The maximum absolute atomic E-state index is 2.82. The van der Waals surface area contributed by atoms with E-state index < -0.39 is 0 Å². The summed E-state index contributed by atoms with van der Waals surface area (Å²) in [6, 6.07) is 55.1. The Hall–Kier alpha value is -6.38. The molecule has 2 unspecified atom stereocenters. The van der Waals surface area contributed by atoms with Gasteiger partial charge in [-0.1, -0.05) is 259 Å². The number of aryl methyl sites for hydroxylation is 1. The molecule has 0 N–H and O–H groups in total. The molecule has 0 aromatic heterocycles. The van der Waals surface area contributed by atoms with Crippen LogP contribution in [0, 0.1) is 6.92 Å². The Morgan fingerprint density at radius 1 is 0.395 bits per heavy atom. The van der Waals surface area contributed by atoms with E-state index in [0.29, 0.717) is 0 Å². The molecule has 86 heavy (non-hydrogen) atoms. The number of nitrogens with zero attached hydrogens (tertiary/aromatic N) is 1. The first-order chi connectivity index (χ1) is 39.9. The van der Waals surface area contributed by atoms with Gasteiger partial charge in [0.1, 0.15) is 0 Å². The van der Waals surface area contributed by atoms with Crippen LogP contribution in [-0.4, -0.2) is 6.71 Å².